The molecule has 25 heavy (non-hydrogen) atoms. The molecule has 0 radical (unpaired) electrons. The van der Waals surface area contributed by atoms with Gasteiger partial charge in [-0.3, -0.25) is 4.79 Å². The third kappa shape index (κ3) is 5.81. The van der Waals surface area contributed by atoms with Crippen molar-refractivity contribution in [3.63, 3.8) is 0 Å². The molecule has 2 rings (SSSR count). The lowest BCUT2D eigenvalue weighted by Gasteiger charge is -2.21. The molecule has 1 aliphatic rings. The molecule has 0 saturated heterocycles. The van der Waals surface area contributed by atoms with Gasteiger partial charge in [0.05, 0.1) is 0 Å². The highest BCUT2D eigenvalue weighted by atomic mass is 19.4. The molecule has 1 aliphatic heterocycles. The number of hydrogen-bond donors (Lipinski definition) is 0. The highest BCUT2D eigenvalue weighted by molar-refractivity contribution is 5.82. The van der Waals surface area contributed by atoms with Gasteiger partial charge in [0.1, 0.15) is 0 Å². The summed E-state index contributed by atoms with van der Waals surface area (Å²) in [5.41, 5.74) is 2.89. The van der Waals surface area contributed by atoms with Crippen LogP contribution in [-0.2, 0) is 17.6 Å². The second kappa shape index (κ2) is 8.94. The van der Waals surface area contributed by atoms with Crippen LogP contribution in [-0.4, -0.2) is 30.1 Å². The molecule has 0 atom stereocenters. The van der Waals surface area contributed by atoms with E-state index in [0.29, 0.717) is 12.8 Å². The van der Waals surface area contributed by atoms with E-state index in [1.807, 2.05) is 18.2 Å². The molecule has 0 spiro atoms. The van der Waals surface area contributed by atoms with Gasteiger partial charge < -0.3 is 4.90 Å². The highest BCUT2D eigenvalue weighted by Gasteiger charge is 2.42. The summed E-state index contributed by atoms with van der Waals surface area (Å²) in [4.78, 5) is 12.3. The van der Waals surface area contributed by atoms with Gasteiger partial charge in [-0.2, -0.15) is 13.2 Å². The molecule has 1 amide bonds. The summed E-state index contributed by atoms with van der Waals surface area (Å²) in [6, 6.07) is 5.80. The van der Waals surface area contributed by atoms with E-state index in [0.717, 1.165) is 34.4 Å². The molecular formula is C20H24F3NO. The predicted octanol–water partition coefficient (Wildman–Crippen LogP) is 4.50. The van der Waals surface area contributed by atoms with E-state index in [1.54, 1.807) is 0 Å². The van der Waals surface area contributed by atoms with Crippen molar-refractivity contribution >= 4 is 5.91 Å². The van der Waals surface area contributed by atoms with Crippen LogP contribution in [0.2, 0.25) is 0 Å². The fourth-order valence-corrected chi connectivity index (χ4v) is 2.99. The molecule has 2 nitrogen and oxygen atoms in total. The van der Waals surface area contributed by atoms with Gasteiger partial charge in [0.15, 0.2) is 0 Å². The van der Waals surface area contributed by atoms with E-state index in [4.69, 9.17) is 0 Å². The number of fused-ring (bicyclic) bond motifs is 1. The molecule has 0 bridgehead atoms. The van der Waals surface area contributed by atoms with Crippen LogP contribution in [0.1, 0.15) is 55.7 Å². The molecule has 1 aromatic carbocycles. The Kier molecular flexibility index (Phi) is 6.92. The number of carbonyl (C=O) groups is 1. The van der Waals surface area contributed by atoms with Crippen molar-refractivity contribution in [2.24, 2.45) is 0 Å². The Hall–Kier alpha value is -1.96. The Labute approximate surface area is 147 Å². The molecule has 0 aliphatic carbocycles. The lowest BCUT2D eigenvalue weighted by molar-refractivity contribution is -0.185. The first-order valence-corrected chi connectivity index (χ1v) is 8.88. The van der Waals surface area contributed by atoms with E-state index >= 15 is 0 Å². The van der Waals surface area contributed by atoms with Crippen LogP contribution in [0.15, 0.2) is 18.2 Å². The standard InChI is InChI=1S/C20H24F3NO/c1-2-3-4-5-6-7-8-16-9-10-17-11-13-24(14-12-18(17)15-16)19(25)20(21,22)23/h9-10,15H,2-6,11-14H2,1H3. The number of hydrogen-bond acceptors (Lipinski definition) is 1. The second-order valence-electron chi connectivity index (χ2n) is 6.39. The van der Waals surface area contributed by atoms with E-state index in [-0.39, 0.29) is 13.1 Å². The molecule has 136 valence electrons. The van der Waals surface area contributed by atoms with Gasteiger partial charge in [-0.05, 0) is 42.5 Å². The SMILES string of the molecule is CCCCCCC#Cc1ccc2c(c1)CCN(C(=O)C(F)(F)F)CC2. The fourth-order valence-electron chi connectivity index (χ4n) is 2.99. The molecule has 0 N–H and O–H groups in total. The van der Waals surface area contributed by atoms with Gasteiger partial charge in [-0.1, -0.05) is 44.1 Å². The number of nitrogens with zero attached hydrogens (tertiary/aromatic N) is 1. The summed E-state index contributed by atoms with van der Waals surface area (Å²) in [6.07, 6.45) is 1.67. The van der Waals surface area contributed by atoms with Crippen LogP contribution in [0.25, 0.3) is 0 Å². The second-order valence-corrected chi connectivity index (χ2v) is 6.39. The summed E-state index contributed by atoms with van der Waals surface area (Å²) in [5.74, 6) is 4.56. The average molecular weight is 351 g/mol. The zero-order chi connectivity index (χ0) is 18.3. The largest absolute Gasteiger partial charge is 0.471 e. The number of benzene rings is 1. The van der Waals surface area contributed by atoms with E-state index in [2.05, 4.69) is 18.8 Å². The summed E-state index contributed by atoms with van der Waals surface area (Å²) in [6.45, 7) is 2.37. The van der Waals surface area contributed by atoms with E-state index in [1.165, 1.54) is 19.3 Å². The minimum atomic E-state index is -4.80. The molecule has 0 unspecified atom stereocenters. The van der Waals surface area contributed by atoms with Crippen molar-refractivity contribution in [1.82, 2.24) is 4.90 Å². The first-order valence-electron chi connectivity index (χ1n) is 8.88. The predicted molar refractivity (Wildman–Crippen MR) is 92.1 cm³/mol. The van der Waals surface area contributed by atoms with Crippen molar-refractivity contribution in [2.75, 3.05) is 13.1 Å². The maximum absolute atomic E-state index is 12.6. The van der Waals surface area contributed by atoms with Gasteiger partial charge in [-0.25, -0.2) is 0 Å². The number of carbonyl (C=O) groups excluding carboxylic acids is 1. The van der Waals surface area contributed by atoms with E-state index in [9.17, 15) is 18.0 Å². The van der Waals surface area contributed by atoms with Crippen LogP contribution < -0.4 is 0 Å². The van der Waals surface area contributed by atoms with Crippen LogP contribution in [0.4, 0.5) is 13.2 Å². The summed E-state index contributed by atoms with van der Waals surface area (Å²) >= 11 is 0. The first-order chi connectivity index (χ1) is 11.9. The fraction of sp³-hybridized carbons (Fsp3) is 0.550. The Bertz CT molecular complexity index is 655. The Morgan fingerprint density at radius 1 is 1.12 bits per heavy atom. The van der Waals surface area contributed by atoms with E-state index < -0.39 is 12.1 Å². The lowest BCUT2D eigenvalue weighted by atomic mass is 10.00. The van der Waals surface area contributed by atoms with Crippen LogP contribution >= 0.6 is 0 Å². The molecule has 1 heterocycles. The van der Waals surface area contributed by atoms with Crippen LogP contribution in [0.5, 0.6) is 0 Å². The Balaban J connectivity index is 1.97. The van der Waals surface area contributed by atoms with Crippen molar-refractivity contribution in [3.8, 4) is 11.8 Å². The lowest BCUT2D eigenvalue weighted by Crippen LogP contribution is -2.42. The van der Waals surface area contributed by atoms with Crippen molar-refractivity contribution in [2.45, 2.75) is 58.0 Å². The third-order valence-electron chi connectivity index (χ3n) is 4.43. The highest BCUT2D eigenvalue weighted by Crippen LogP contribution is 2.22. The zero-order valence-corrected chi connectivity index (χ0v) is 14.6. The normalized spacial score (nSPS) is 14.3. The number of halogens is 3. The van der Waals surface area contributed by atoms with Crippen molar-refractivity contribution in [3.05, 3.63) is 34.9 Å². The third-order valence-corrected chi connectivity index (χ3v) is 4.43. The molecule has 0 aromatic heterocycles. The summed E-state index contributed by atoms with van der Waals surface area (Å²) < 4.78 is 37.8. The van der Waals surface area contributed by atoms with Gasteiger partial charge in [-0.15, -0.1) is 0 Å². The number of rotatable bonds is 4. The number of unbranched alkanes of at least 4 members (excludes halogenated alkanes) is 4. The Morgan fingerprint density at radius 2 is 1.84 bits per heavy atom. The number of amides is 1. The van der Waals surface area contributed by atoms with Gasteiger partial charge in [0.2, 0.25) is 0 Å². The summed E-state index contributed by atoms with van der Waals surface area (Å²) in [5, 5.41) is 0. The van der Waals surface area contributed by atoms with Gasteiger partial charge >= 0.3 is 12.1 Å². The smallest absolute Gasteiger partial charge is 0.334 e. The number of alkyl halides is 3. The minimum Gasteiger partial charge on any atom is -0.334 e. The van der Waals surface area contributed by atoms with Crippen LogP contribution in [0, 0.1) is 11.8 Å². The first kappa shape index (κ1) is 19.4. The molecule has 5 heteroatoms. The minimum absolute atomic E-state index is 0.0965. The summed E-state index contributed by atoms with van der Waals surface area (Å²) in [7, 11) is 0. The quantitative estimate of drug-likeness (QED) is 0.578. The molecular weight excluding hydrogens is 327 g/mol. The van der Waals surface area contributed by atoms with Crippen molar-refractivity contribution < 1.29 is 18.0 Å². The topological polar surface area (TPSA) is 20.3 Å². The molecule has 1 aromatic rings. The van der Waals surface area contributed by atoms with Gasteiger partial charge in [0, 0.05) is 25.1 Å². The Morgan fingerprint density at radius 3 is 2.52 bits per heavy atom. The van der Waals surface area contributed by atoms with Crippen molar-refractivity contribution in [1.29, 1.82) is 0 Å². The molecule has 0 fully saturated rings. The molecule has 0 saturated carbocycles. The maximum Gasteiger partial charge on any atom is 0.471 e. The monoisotopic (exact) mass is 351 g/mol. The maximum atomic E-state index is 12.6. The van der Waals surface area contributed by atoms with Crippen LogP contribution in [0.3, 0.4) is 0 Å². The average Bonchev–Trinajstić information content (AvgIpc) is 2.78. The van der Waals surface area contributed by atoms with Gasteiger partial charge in [0.25, 0.3) is 0 Å². The zero-order valence-electron chi connectivity index (χ0n) is 14.6.